The number of methoxy groups -OCH3 is 3. The summed E-state index contributed by atoms with van der Waals surface area (Å²) in [4.78, 5) is 33.9. The molecule has 0 aromatic carbocycles. The zero-order chi connectivity index (χ0) is 19.6. The zero-order valence-corrected chi connectivity index (χ0v) is 14.8. The first kappa shape index (κ1) is 20.3. The van der Waals surface area contributed by atoms with Gasteiger partial charge in [0.25, 0.3) is 0 Å². The van der Waals surface area contributed by atoms with Gasteiger partial charge in [-0.25, -0.2) is 0 Å². The van der Waals surface area contributed by atoms with E-state index in [0.29, 0.717) is 0 Å². The van der Waals surface area contributed by atoms with Crippen LogP contribution >= 0.6 is 0 Å². The summed E-state index contributed by atoms with van der Waals surface area (Å²) < 4.78 is 38.6. The van der Waals surface area contributed by atoms with Crippen molar-refractivity contribution in [3.05, 3.63) is 0 Å². The molecule has 0 fully saturated rings. The Balaban J connectivity index is 5.67. The molecule has 0 aromatic rings. The molecule has 9 heteroatoms. The number of hydrogen-bond donors (Lipinski definition) is 0. The predicted octanol–water partition coefficient (Wildman–Crippen LogP) is 0.0893. The van der Waals surface area contributed by atoms with Crippen molar-refractivity contribution in [1.82, 2.24) is 0 Å². The molecule has 24 heavy (non-hydrogen) atoms. The second kappa shape index (κ2) is 11.8. The van der Waals surface area contributed by atoms with Crippen LogP contribution in [0.1, 0.15) is 22.1 Å². The maximum atomic E-state index is 11.5. The van der Waals surface area contributed by atoms with E-state index in [9.17, 15) is 14.4 Å². The highest BCUT2D eigenvalue weighted by molar-refractivity contribution is 5.67. The number of carbonyl (C=O) groups excluding carboxylic acids is 3. The molecule has 0 aliphatic heterocycles. The summed E-state index contributed by atoms with van der Waals surface area (Å²) in [5.41, 5.74) is 0. The second-order valence-corrected chi connectivity index (χ2v) is 4.82. The molecule has 0 saturated heterocycles. The lowest BCUT2D eigenvalue weighted by Crippen LogP contribution is -2.52. The van der Waals surface area contributed by atoms with E-state index in [2.05, 4.69) is 0 Å². The summed E-state index contributed by atoms with van der Waals surface area (Å²) in [7, 11) is 3.96. The van der Waals surface area contributed by atoms with Gasteiger partial charge in [0, 0.05) is 42.1 Å². The van der Waals surface area contributed by atoms with Gasteiger partial charge in [0.05, 0.1) is 7.98 Å². The van der Waals surface area contributed by atoms with E-state index in [0.717, 1.165) is 6.92 Å². The first-order valence-electron chi connectivity index (χ1n) is 7.74. The lowest BCUT2D eigenvalue weighted by atomic mass is 10.0. The van der Waals surface area contributed by atoms with E-state index in [4.69, 9.17) is 29.8 Å². The van der Waals surface area contributed by atoms with Crippen LogP contribution in [-0.2, 0) is 42.8 Å². The molecular formula is C15H26O9. The summed E-state index contributed by atoms with van der Waals surface area (Å²) in [6.07, 6.45) is -4.36. The molecule has 0 N–H and O–H groups in total. The zero-order valence-electron chi connectivity index (χ0n) is 15.8. The number of esters is 3. The third-order valence-electron chi connectivity index (χ3n) is 2.88. The van der Waals surface area contributed by atoms with Crippen LogP contribution in [0.4, 0.5) is 0 Å². The Bertz CT molecular complexity index is 443. The predicted molar refractivity (Wildman–Crippen MR) is 81.2 cm³/mol. The molecule has 9 nitrogen and oxygen atoms in total. The summed E-state index contributed by atoms with van der Waals surface area (Å²) in [5.74, 6) is -1.97. The van der Waals surface area contributed by atoms with Crippen LogP contribution in [0, 0.1) is 0 Å². The van der Waals surface area contributed by atoms with Gasteiger partial charge in [-0.3, -0.25) is 14.4 Å². The minimum absolute atomic E-state index is 0.0932. The Labute approximate surface area is 142 Å². The highest BCUT2D eigenvalue weighted by Gasteiger charge is 2.40. The van der Waals surface area contributed by atoms with Crippen molar-refractivity contribution in [3.8, 4) is 0 Å². The van der Waals surface area contributed by atoms with Gasteiger partial charge in [0.2, 0.25) is 0 Å². The molecule has 1 unspecified atom stereocenters. The smallest absolute Gasteiger partial charge is 0.303 e. The number of carbonyl (C=O) groups is 3. The van der Waals surface area contributed by atoms with Gasteiger partial charge in [0.1, 0.15) is 18.8 Å². The summed E-state index contributed by atoms with van der Waals surface area (Å²) in [6, 6.07) is 0. The van der Waals surface area contributed by atoms with Gasteiger partial charge in [-0.15, -0.1) is 0 Å². The lowest BCUT2D eigenvalue weighted by Gasteiger charge is -2.34. The molecule has 0 aliphatic carbocycles. The monoisotopic (exact) mass is 351 g/mol. The Morgan fingerprint density at radius 3 is 1.79 bits per heavy atom. The Hall–Kier alpha value is -1.71. The summed E-state index contributed by atoms with van der Waals surface area (Å²) >= 11 is 0. The van der Waals surface area contributed by atoms with Crippen LogP contribution in [0.15, 0.2) is 0 Å². The molecule has 0 amide bonds. The van der Waals surface area contributed by atoms with Crippen molar-refractivity contribution in [2.24, 2.45) is 0 Å². The molecule has 0 aromatic heterocycles. The van der Waals surface area contributed by atoms with E-state index >= 15 is 0 Å². The lowest BCUT2D eigenvalue weighted by molar-refractivity contribution is -0.196. The average Bonchev–Trinajstić information content (AvgIpc) is 2.48. The Kier molecular flexibility index (Phi) is 9.97. The highest BCUT2D eigenvalue weighted by atomic mass is 16.6. The number of hydrogen-bond acceptors (Lipinski definition) is 9. The van der Waals surface area contributed by atoms with Crippen LogP contribution in [0.25, 0.3) is 0 Å². The third kappa shape index (κ3) is 8.23. The van der Waals surface area contributed by atoms with Gasteiger partial charge in [0.15, 0.2) is 12.2 Å². The average molecular weight is 351 g/mol. The fourth-order valence-corrected chi connectivity index (χ4v) is 2.00. The fourth-order valence-electron chi connectivity index (χ4n) is 2.00. The third-order valence-corrected chi connectivity index (χ3v) is 2.88. The van der Waals surface area contributed by atoms with E-state index in [1.54, 1.807) is 0 Å². The molecule has 5 atom stereocenters. The van der Waals surface area contributed by atoms with Crippen molar-refractivity contribution in [2.75, 3.05) is 34.5 Å². The van der Waals surface area contributed by atoms with Crippen LogP contribution in [0.3, 0.4) is 0 Å². The van der Waals surface area contributed by atoms with Gasteiger partial charge in [-0.05, 0) is 0 Å². The quantitative estimate of drug-likeness (QED) is 0.378. The largest absolute Gasteiger partial charge is 0.463 e. The second-order valence-electron chi connectivity index (χ2n) is 4.82. The van der Waals surface area contributed by atoms with Crippen LogP contribution in [0.2, 0.25) is 0 Å². The van der Waals surface area contributed by atoms with E-state index in [1.807, 2.05) is 0 Å². The SMILES string of the molecule is [2H]C(OC(C)=O)[C@@H](OC)[C@@H](OC)[C@H](OC(C)=O)[C@@H](COC)OC(C)=O. The van der Waals surface area contributed by atoms with E-state index in [1.165, 1.54) is 35.2 Å². The summed E-state index contributed by atoms with van der Waals surface area (Å²) in [6.45, 7) is 1.96. The van der Waals surface area contributed by atoms with Crippen LogP contribution in [-0.4, -0.2) is 76.8 Å². The topological polar surface area (TPSA) is 107 Å². The van der Waals surface area contributed by atoms with Crippen molar-refractivity contribution in [1.29, 1.82) is 0 Å². The maximum Gasteiger partial charge on any atom is 0.303 e. The molecule has 0 saturated carbocycles. The molecule has 0 bridgehead atoms. The van der Waals surface area contributed by atoms with Crippen molar-refractivity contribution < 1.29 is 44.2 Å². The van der Waals surface area contributed by atoms with Gasteiger partial charge in [-0.2, -0.15) is 0 Å². The van der Waals surface area contributed by atoms with Gasteiger partial charge in [-0.1, -0.05) is 0 Å². The fraction of sp³-hybridized carbons (Fsp3) is 0.800. The summed E-state index contributed by atoms with van der Waals surface area (Å²) in [5, 5.41) is 0. The minimum atomic E-state index is -1.45. The normalized spacial score (nSPS) is 17.7. The Morgan fingerprint density at radius 2 is 1.42 bits per heavy atom. The molecule has 0 heterocycles. The standard InChI is InChI=1S/C15H26O9/c1-9(16)22-8-12(20-5)14(21-6)15(24-11(3)18)13(7-19-4)23-10(2)17/h12-15H,7-8H2,1-6H3/t12-,13-,14-,15-/m1/s1/i8D/t8?,12-,13-,14-,15-. The van der Waals surface area contributed by atoms with Crippen molar-refractivity contribution >= 4 is 17.9 Å². The van der Waals surface area contributed by atoms with E-state index in [-0.39, 0.29) is 6.61 Å². The number of rotatable bonds is 11. The van der Waals surface area contributed by atoms with Crippen molar-refractivity contribution in [2.45, 2.75) is 45.2 Å². The minimum Gasteiger partial charge on any atom is -0.463 e. The molecule has 140 valence electrons. The highest BCUT2D eigenvalue weighted by Crippen LogP contribution is 2.18. The maximum absolute atomic E-state index is 11.5. The molecule has 0 aliphatic rings. The first-order valence-corrected chi connectivity index (χ1v) is 7.16. The van der Waals surface area contributed by atoms with Crippen LogP contribution in [0.5, 0.6) is 0 Å². The molecule has 0 radical (unpaired) electrons. The molecule has 0 rings (SSSR count). The molecule has 0 spiro atoms. The van der Waals surface area contributed by atoms with E-state index < -0.39 is 48.9 Å². The Morgan fingerprint density at radius 1 is 0.833 bits per heavy atom. The van der Waals surface area contributed by atoms with Gasteiger partial charge < -0.3 is 28.4 Å². The van der Waals surface area contributed by atoms with Crippen LogP contribution < -0.4 is 0 Å². The van der Waals surface area contributed by atoms with Crippen molar-refractivity contribution in [3.63, 3.8) is 0 Å². The first-order chi connectivity index (χ1) is 11.7. The van der Waals surface area contributed by atoms with Gasteiger partial charge >= 0.3 is 17.9 Å². The molecular weight excluding hydrogens is 324 g/mol. The number of ether oxygens (including phenoxy) is 6.